The van der Waals surface area contributed by atoms with E-state index >= 15 is 0 Å². The molecule has 2 aliphatic rings. The lowest BCUT2D eigenvalue weighted by molar-refractivity contribution is -0.122. The van der Waals surface area contributed by atoms with Gasteiger partial charge in [-0.3, -0.25) is 9.59 Å². The van der Waals surface area contributed by atoms with Crippen LogP contribution in [0.1, 0.15) is 24.6 Å². The molecule has 29 heavy (non-hydrogen) atoms. The summed E-state index contributed by atoms with van der Waals surface area (Å²) >= 11 is 1.12. The maximum atomic E-state index is 12.6. The van der Waals surface area contributed by atoms with Gasteiger partial charge in [0.05, 0.1) is 12.1 Å². The molecule has 2 aliphatic heterocycles. The molecule has 1 aromatic carbocycles. The van der Waals surface area contributed by atoms with Crippen LogP contribution in [-0.2, 0) is 26.0 Å². The number of carbonyl (C=O) groups is 2. The van der Waals surface area contributed by atoms with E-state index in [0.717, 1.165) is 24.2 Å². The number of ether oxygens (including phenoxy) is 1. The monoisotopic (exact) mass is 435 g/mol. The number of rotatable bonds is 5. The van der Waals surface area contributed by atoms with Crippen molar-refractivity contribution in [2.75, 3.05) is 23.7 Å². The van der Waals surface area contributed by atoms with Crippen LogP contribution < -0.4 is 15.4 Å². The van der Waals surface area contributed by atoms with E-state index in [1.807, 2.05) is 0 Å². The van der Waals surface area contributed by atoms with E-state index in [-0.39, 0.29) is 22.4 Å². The van der Waals surface area contributed by atoms with E-state index in [1.54, 1.807) is 37.3 Å². The molecule has 0 spiro atoms. The first-order chi connectivity index (χ1) is 13.8. The van der Waals surface area contributed by atoms with Crippen molar-refractivity contribution in [3.05, 3.63) is 35.2 Å². The van der Waals surface area contributed by atoms with E-state index in [4.69, 9.17) is 4.74 Å². The number of thiophene rings is 1. The number of benzene rings is 1. The van der Waals surface area contributed by atoms with Crippen LogP contribution in [0.2, 0.25) is 0 Å². The highest BCUT2D eigenvalue weighted by Gasteiger charge is 2.28. The third-order valence-electron chi connectivity index (χ3n) is 4.83. The summed E-state index contributed by atoms with van der Waals surface area (Å²) in [5.41, 5.74) is 1.02. The zero-order valence-electron chi connectivity index (χ0n) is 15.8. The number of hydrogen-bond acceptors (Lipinski definition) is 6. The van der Waals surface area contributed by atoms with Crippen LogP contribution in [0.4, 0.5) is 11.4 Å². The smallest absolute Gasteiger partial charge is 0.265 e. The van der Waals surface area contributed by atoms with Gasteiger partial charge < -0.3 is 15.4 Å². The van der Waals surface area contributed by atoms with Crippen molar-refractivity contribution in [1.29, 1.82) is 0 Å². The largest absolute Gasteiger partial charge is 0.479 e. The molecule has 154 valence electrons. The predicted molar refractivity (Wildman–Crippen MR) is 110 cm³/mol. The topological polar surface area (TPSA) is 105 Å². The van der Waals surface area contributed by atoms with Gasteiger partial charge in [0, 0.05) is 23.7 Å². The van der Waals surface area contributed by atoms with Crippen molar-refractivity contribution in [3.8, 4) is 5.75 Å². The molecular formula is C19H21N3O5S2. The number of fused-ring (bicyclic) bond motifs is 1. The molecule has 0 unspecified atom stereocenters. The van der Waals surface area contributed by atoms with Crippen molar-refractivity contribution in [3.63, 3.8) is 0 Å². The Bertz CT molecular complexity index is 1060. The zero-order chi connectivity index (χ0) is 20.6. The Kier molecular flexibility index (Phi) is 5.32. The first-order valence-corrected chi connectivity index (χ1v) is 11.6. The summed E-state index contributed by atoms with van der Waals surface area (Å²) in [4.78, 5) is 24.8. The first-order valence-electron chi connectivity index (χ1n) is 9.33. The molecule has 0 radical (unpaired) electrons. The summed E-state index contributed by atoms with van der Waals surface area (Å²) in [6.07, 6.45) is 1.26. The van der Waals surface area contributed by atoms with Crippen molar-refractivity contribution in [2.24, 2.45) is 0 Å². The van der Waals surface area contributed by atoms with E-state index in [2.05, 4.69) is 10.6 Å². The minimum Gasteiger partial charge on any atom is -0.479 e. The van der Waals surface area contributed by atoms with E-state index in [0.29, 0.717) is 35.1 Å². The Labute approximate surface area is 172 Å². The van der Waals surface area contributed by atoms with E-state index < -0.39 is 16.1 Å². The second-order valence-electron chi connectivity index (χ2n) is 7.02. The zero-order valence-corrected chi connectivity index (χ0v) is 17.4. The van der Waals surface area contributed by atoms with Crippen molar-refractivity contribution in [2.45, 2.75) is 36.5 Å². The summed E-state index contributed by atoms with van der Waals surface area (Å²) in [5.74, 6) is 0.0322. The van der Waals surface area contributed by atoms with E-state index in [9.17, 15) is 18.0 Å². The summed E-state index contributed by atoms with van der Waals surface area (Å²) < 4.78 is 32.5. The first kappa shape index (κ1) is 19.9. The predicted octanol–water partition coefficient (Wildman–Crippen LogP) is 2.43. The lowest BCUT2D eigenvalue weighted by Crippen LogP contribution is -2.34. The van der Waals surface area contributed by atoms with Crippen LogP contribution in [0.25, 0.3) is 0 Å². The van der Waals surface area contributed by atoms with Gasteiger partial charge >= 0.3 is 0 Å². The van der Waals surface area contributed by atoms with Gasteiger partial charge in [0.25, 0.3) is 15.9 Å². The molecule has 2 N–H and O–H groups in total. The third kappa shape index (κ3) is 4.14. The number of carbonyl (C=O) groups excluding carboxylic acids is 2. The second kappa shape index (κ2) is 7.77. The van der Waals surface area contributed by atoms with Gasteiger partial charge in [-0.1, -0.05) is 0 Å². The van der Waals surface area contributed by atoms with E-state index in [1.165, 1.54) is 4.31 Å². The second-order valence-corrected chi connectivity index (χ2v) is 10.4. The van der Waals surface area contributed by atoms with Crippen LogP contribution in [0.15, 0.2) is 34.5 Å². The normalized spacial score (nSPS) is 19.3. The quantitative estimate of drug-likeness (QED) is 0.751. The Morgan fingerprint density at radius 2 is 2.03 bits per heavy atom. The summed E-state index contributed by atoms with van der Waals surface area (Å²) in [5, 5.41) is 5.51. The average molecular weight is 436 g/mol. The fourth-order valence-electron chi connectivity index (χ4n) is 3.30. The average Bonchev–Trinajstić information content (AvgIpc) is 3.35. The molecule has 0 aliphatic carbocycles. The molecule has 8 nitrogen and oxygen atoms in total. The highest BCUT2D eigenvalue weighted by Crippen LogP contribution is 2.32. The van der Waals surface area contributed by atoms with Gasteiger partial charge in [-0.15, -0.1) is 11.3 Å². The molecule has 0 bridgehead atoms. The summed E-state index contributed by atoms with van der Waals surface area (Å²) in [6, 6.07) is 8.25. The minimum atomic E-state index is -3.47. The number of amides is 2. The fraction of sp³-hybridized carbons (Fsp3) is 0.368. The van der Waals surface area contributed by atoms with Crippen LogP contribution in [0.3, 0.4) is 0 Å². The lowest BCUT2D eigenvalue weighted by Gasteiger charge is -2.23. The van der Waals surface area contributed by atoms with Crippen molar-refractivity contribution in [1.82, 2.24) is 4.31 Å². The third-order valence-corrected chi connectivity index (χ3v) is 8.28. The highest BCUT2D eigenvalue weighted by molar-refractivity contribution is 7.91. The maximum absolute atomic E-state index is 12.6. The molecule has 1 atom stereocenters. The Morgan fingerprint density at radius 1 is 1.28 bits per heavy atom. The number of nitrogens with one attached hydrogen (secondary N) is 2. The van der Waals surface area contributed by atoms with Crippen LogP contribution >= 0.6 is 11.3 Å². The summed E-state index contributed by atoms with van der Waals surface area (Å²) in [6.45, 7) is 2.76. The Hall–Kier alpha value is -2.43. The van der Waals surface area contributed by atoms with Crippen LogP contribution in [-0.4, -0.2) is 43.7 Å². The highest BCUT2D eigenvalue weighted by atomic mass is 32.2. The molecular weight excluding hydrogens is 414 g/mol. The van der Waals surface area contributed by atoms with Gasteiger partial charge in [0.1, 0.15) is 9.96 Å². The molecule has 2 aromatic rings. The Morgan fingerprint density at radius 3 is 2.79 bits per heavy atom. The van der Waals surface area contributed by atoms with Gasteiger partial charge in [0.2, 0.25) is 5.91 Å². The van der Waals surface area contributed by atoms with Crippen molar-refractivity contribution < 1.29 is 22.7 Å². The Balaban J connectivity index is 1.41. The number of anilines is 2. The molecule has 1 fully saturated rings. The summed E-state index contributed by atoms with van der Waals surface area (Å²) in [7, 11) is -3.47. The molecule has 10 heteroatoms. The molecule has 1 saturated heterocycles. The standard InChI is InChI=1S/C19H21N3O5S2/c1-12-19(24)21-15-10-13(4-6-16(15)27-12)20-17(23)11-14-5-7-18(28-14)29(25,26)22-8-2-3-9-22/h4-7,10,12H,2-3,8-9,11H2,1H3,(H,20,23)(H,21,24)/t12-/m1/s1. The number of nitrogens with zero attached hydrogens (tertiary/aromatic N) is 1. The number of sulfonamides is 1. The molecule has 4 rings (SSSR count). The van der Waals surface area contributed by atoms with Gasteiger partial charge in [0.15, 0.2) is 6.10 Å². The fourth-order valence-corrected chi connectivity index (χ4v) is 6.32. The van der Waals surface area contributed by atoms with Gasteiger partial charge in [-0.2, -0.15) is 4.31 Å². The van der Waals surface area contributed by atoms with Gasteiger partial charge in [-0.25, -0.2) is 8.42 Å². The SMILES string of the molecule is C[C@H]1Oc2ccc(NC(=O)Cc3ccc(S(=O)(=O)N4CCCC4)s3)cc2NC1=O. The molecule has 1 aromatic heterocycles. The lowest BCUT2D eigenvalue weighted by atomic mass is 10.2. The maximum Gasteiger partial charge on any atom is 0.265 e. The number of hydrogen-bond donors (Lipinski definition) is 2. The van der Waals surface area contributed by atoms with Crippen molar-refractivity contribution >= 4 is 44.5 Å². The van der Waals surface area contributed by atoms with Gasteiger partial charge in [-0.05, 0) is 50.1 Å². The van der Waals surface area contributed by atoms with Crippen LogP contribution in [0.5, 0.6) is 5.75 Å². The molecule has 2 amide bonds. The minimum absolute atomic E-state index is 0.0666. The molecule has 0 saturated carbocycles. The van der Waals surface area contributed by atoms with Crippen LogP contribution in [0, 0.1) is 0 Å². The molecule has 3 heterocycles.